The predicted molar refractivity (Wildman–Crippen MR) is 90.9 cm³/mol. The number of aromatic nitrogens is 1. The van der Waals surface area contributed by atoms with Gasteiger partial charge in [0.05, 0.1) is 17.0 Å². The zero-order valence-corrected chi connectivity index (χ0v) is 14.7. The van der Waals surface area contributed by atoms with Gasteiger partial charge < -0.3 is 4.52 Å². The molecule has 2 amide bonds. The molecule has 0 saturated heterocycles. The molecule has 0 atom stereocenters. The minimum absolute atomic E-state index is 0.127. The number of hydrogen-bond acceptors (Lipinski definition) is 5. The van der Waals surface area contributed by atoms with Crippen molar-refractivity contribution in [1.29, 1.82) is 0 Å². The van der Waals surface area contributed by atoms with Crippen LogP contribution in [0.1, 0.15) is 56.4 Å². The van der Waals surface area contributed by atoms with Crippen molar-refractivity contribution in [3.05, 3.63) is 38.4 Å². The molecule has 0 bridgehead atoms. The molecule has 0 aliphatic heterocycles. The smallest absolute Gasteiger partial charge is 0.279 e. The number of amides is 2. The molecular formula is C17H21N3O3S. The number of nitrogens with zero attached hydrogens (tertiary/aromatic N) is 1. The molecule has 128 valence electrons. The van der Waals surface area contributed by atoms with Crippen molar-refractivity contribution in [2.75, 3.05) is 0 Å². The number of thiophene rings is 1. The Morgan fingerprint density at radius 3 is 2.75 bits per heavy atom. The number of hydrogen-bond donors (Lipinski definition) is 2. The molecule has 2 N–H and O–H groups in total. The van der Waals surface area contributed by atoms with Crippen molar-refractivity contribution in [1.82, 2.24) is 16.0 Å². The molecule has 2 aromatic heterocycles. The topological polar surface area (TPSA) is 84.2 Å². The van der Waals surface area contributed by atoms with E-state index in [2.05, 4.69) is 16.0 Å². The molecular weight excluding hydrogens is 326 g/mol. The Labute approximate surface area is 144 Å². The third kappa shape index (κ3) is 3.67. The van der Waals surface area contributed by atoms with Gasteiger partial charge in [-0.2, -0.15) is 0 Å². The zero-order valence-electron chi connectivity index (χ0n) is 13.9. The van der Waals surface area contributed by atoms with Crippen LogP contribution in [0.25, 0.3) is 0 Å². The summed E-state index contributed by atoms with van der Waals surface area (Å²) in [4.78, 5) is 26.2. The van der Waals surface area contributed by atoms with Gasteiger partial charge in [-0.15, -0.1) is 11.3 Å². The van der Waals surface area contributed by atoms with Gasteiger partial charge in [0.2, 0.25) is 5.91 Å². The van der Waals surface area contributed by atoms with E-state index in [1.165, 1.54) is 41.0 Å². The fourth-order valence-electron chi connectivity index (χ4n) is 2.93. The van der Waals surface area contributed by atoms with E-state index in [1.54, 1.807) is 13.8 Å². The standard InChI is InChI=1S/C17H21N3O3S/c1-10-13(11(2)23-20-10)9-16(21)18-19-17(22)15-8-12-6-4-3-5-7-14(12)24-15/h8H,3-7,9H2,1-2H3,(H,18,21)(H,19,22). The maximum absolute atomic E-state index is 12.2. The van der Waals surface area contributed by atoms with Crippen LogP contribution < -0.4 is 10.9 Å². The summed E-state index contributed by atoms with van der Waals surface area (Å²) in [7, 11) is 0. The summed E-state index contributed by atoms with van der Waals surface area (Å²) in [6.45, 7) is 3.55. The van der Waals surface area contributed by atoms with Crippen molar-refractivity contribution in [3.63, 3.8) is 0 Å². The van der Waals surface area contributed by atoms with Gasteiger partial charge in [-0.1, -0.05) is 11.6 Å². The van der Waals surface area contributed by atoms with Crippen LogP contribution in [0.5, 0.6) is 0 Å². The quantitative estimate of drug-likeness (QED) is 0.660. The molecule has 0 radical (unpaired) electrons. The van der Waals surface area contributed by atoms with Gasteiger partial charge in [-0.05, 0) is 51.2 Å². The van der Waals surface area contributed by atoms with E-state index in [0.717, 1.165) is 18.4 Å². The summed E-state index contributed by atoms with van der Waals surface area (Å²) in [5.74, 6) is 0.0621. The highest BCUT2D eigenvalue weighted by molar-refractivity contribution is 7.14. The second kappa shape index (κ2) is 7.17. The molecule has 6 nitrogen and oxygen atoms in total. The van der Waals surface area contributed by atoms with Gasteiger partial charge >= 0.3 is 0 Å². The summed E-state index contributed by atoms with van der Waals surface area (Å²) < 4.78 is 5.03. The van der Waals surface area contributed by atoms with E-state index >= 15 is 0 Å². The van der Waals surface area contributed by atoms with Crippen LogP contribution in [0.3, 0.4) is 0 Å². The highest BCUT2D eigenvalue weighted by Gasteiger charge is 2.18. The van der Waals surface area contributed by atoms with Crippen LogP contribution >= 0.6 is 11.3 Å². The highest BCUT2D eigenvalue weighted by Crippen LogP contribution is 2.28. The van der Waals surface area contributed by atoms with Gasteiger partial charge in [0, 0.05) is 10.4 Å². The Hall–Kier alpha value is -2.15. The van der Waals surface area contributed by atoms with E-state index in [-0.39, 0.29) is 18.2 Å². The maximum atomic E-state index is 12.2. The minimum atomic E-state index is -0.295. The van der Waals surface area contributed by atoms with E-state index in [1.807, 2.05) is 6.07 Å². The molecule has 24 heavy (non-hydrogen) atoms. The first kappa shape index (κ1) is 16.7. The fourth-order valence-corrected chi connectivity index (χ4v) is 4.08. The number of hydrazine groups is 1. The van der Waals surface area contributed by atoms with Gasteiger partial charge in [0.1, 0.15) is 5.76 Å². The van der Waals surface area contributed by atoms with E-state index in [4.69, 9.17) is 4.52 Å². The SMILES string of the molecule is Cc1noc(C)c1CC(=O)NNC(=O)c1cc2c(s1)CCCCC2. The molecule has 0 fully saturated rings. The van der Waals surface area contributed by atoms with Crippen molar-refractivity contribution < 1.29 is 14.1 Å². The molecule has 1 aliphatic carbocycles. The number of carbonyl (C=O) groups excluding carboxylic acids is 2. The average Bonchev–Trinajstić information content (AvgIpc) is 3.03. The second-order valence-corrected chi connectivity index (χ2v) is 7.24. The summed E-state index contributed by atoms with van der Waals surface area (Å²) >= 11 is 1.53. The lowest BCUT2D eigenvalue weighted by Crippen LogP contribution is -2.42. The monoisotopic (exact) mass is 347 g/mol. The van der Waals surface area contributed by atoms with Gasteiger partial charge in [0.15, 0.2) is 0 Å². The first-order chi connectivity index (χ1) is 11.5. The van der Waals surface area contributed by atoms with Crippen LogP contribution in [0.15, 0.2) is 10.6 Å². The predicted octanol–water partition coefficient (Wildman–Crippen LogP) is 2.63. The Kier molecular flexibility index (Phi) is 4.99. The minimum Gasteiger partial charge on any atom is -0.361 e. The lowest BCUT2D eigenvalue weighted by molar-refractivity contribution is -0.121. The summed E-state index contributed by atoms with van der Waals surface area (Å²) in [6, 6.07) is 1.96. The molecule has 0 spiro atoms. The Balaban J connectivity index is 1.56. The molecule has 0 unspecified atom stereocenters. The number of aryl methyl sites for hydroxylation is 4. The van der Waals surface area contributed by atoms with E-state index in [9.17, 15) is 9.59 Å². The molecule has 2 heterocycles. The van der Waals surface area contributed by atoms with Crippen LogP contribution in [0, 0.1) is 13.8 Å². The molecule has 3 rings (SSSR count). The van der Waals surface area contributed by atoms with Crippen LogP contribution in [0.2, 0.25) is 0 Å². The Bertz CT molecular complexity index is 720. The zero-order chi connectivity index (χ0) is 17.1. The van der Waals surface area contributed by atoms with Crippen LogP contribution in [-0.4, -0.2) is 17.0 Å². The molecule has 7 heteroatoms. The summed E-state index contributed by atoms with van der Waals surface area (Å²) in [5, 5.41) is 3.82. The number of carbonyl (C=O) groups is 2. The average molecular weight is 347 g/mol. The Morgan fingerprint density at radius 1 is 1.21 bits per heavy atom. The molecule has 0 aromatic carbocycles. The van der Waals surface area contributed by atoms with Crippen molar-refractivity contribution in [2.45, 2.75) is 52.4 Å². The first-order valence-electron chi connectivity index (χ1n) is 8.17. The van der Waals surface area contributed by atoms with Gasteiger partial charge in [-0.25, -0.2) is 0 Å². The van der Waals surface area contributed by atoms with E-state index in [0.29, 0.717) is 16.3 Å². The molecule has 1 aliphatic rings. The third-order valence-corrected chi connectivity index (χ3v) is 5.54. The van der Waals surface area contributed by atoms with Gasteiger partial charge in [-0.3, -0.25) is 20.4 Å². The van der Waals surface area contributed by atoms with Crippen molar-refractivity contribution in [3.8, 4) is 0 Å². The maximum Gasteiger partial charge on any atom is 0.279 e. The lowest BCUT2D eigenvalue weighted by Gasteiger charge is -2.06. The van der Waals surface area contributed by atoms with Crippen LogP contribution in [-0.2, 0) is 24.1 Å². The normalized spacial score (nSPS) is 13.9. The number of rotatable bonds is 3. The van der Waals surface area contributed by atoms with Crippen LogP contribution in [0.4, 0.5) is 0 Å². The second-order valence-electron chi connectivity index (χ2n) is 6.10. The third-order valence-electron chi connectivity index (χ3n) is 4.30. The number of fused-ring (bicyclic) bond motifs is 1. The summed E-state index contributed by atoms with van der Waals surface area (Å²) in [5.41, 5.74) is 7.69. The first-order valence-corrected chi connectivity index (χ1v) is 8.98. The van der Waals surface area contributed by atoms with E-state index < -0.39 is 0 Å². The molecule has 0 saturated carbocycles. The summed E-state index contributed by atoms with van der Waals surface area (Å²) in [6.07, 6.45) is 5.83. The van der Waals surface area contributed by atoms with Gasteiger partial charge in [0.25, 0.3) is 5.91 Å². The van der Waals surface area contributed by atoms with Crippen molar-refractivity contribution in [2.24, 2.45) is 0 Å². The highest BCUT2D eigenvalue weighted by atomic mass is 32.1. The number of nitrogens with one attached hydrogen (secondary N) is 2. The molecule has 2 aromatic rings. The van der Waals surface area contributed by atoms with Crippen molar-refractivity contribution >= 4 is 23.2 Å². The largest absolute Gasteiger partial charge is 0.361 e. The lowest BCUT2D eigenvalue weighted by atomic mass is 10.1. The fraction of sp³-hybridized carbons (Fsp3) is 0.471. The Morgan fingerprint density at radius 2 is 2.00 bits per heavy atom.